The van der Waals surface area contributed by atoms with Crippen molar-refractivity contribution in [3.05, 3.63) is 118 Å². The molecule has 0 N–H and O–H groups in total. The van der Waals surface area contributed by atoms with Gasteiger partial charge in [-0.2, -0.15) is 13.2 Å². The highest BCUT2D eigenvalue weighted by Gasteiger charge is 2.33. The molecule has 10 heteroatoms. The van der Waals surface area contributed by atoms with E-state index in [2.05, 4.69) is 4.98 Å². The predicted molar refractivity (Wildman–Crippen MR) is 122 cm³/mol. The van der Waals surface area contributed by atoms with E-state index < -0.39 is 22.4 Å². The second kappa shape index (κ2) is 9.64. The van der Waals surface area contributed by atoms with Gasteiger partial charge in [-0.15, -0.1) is 0 Å². The third kappa shape index (κ3) is 5.61. The number of nitrogens with zero attached hydrogens (tertiary/aromatic N) is 3. The Hall–Kier alpha value is -4.73. The van der Waals surface area contributed by atoms with Crippen molar-refractivity contribution in [2.24, 2.45) is 0 Å². The molecule has 0 aliphatic heterocycles. The Morgan fingerprint density at radius 1 is 1.03 bits per heavy atom. The van der Waals surface area contributed by atoms with Crippen molar-refractivity contribution in [1.82, 2.24) is 9.55 Å². The molecule has 176 valence electrons. The number of carbonyl (C=O) groups excluding carboxylic acids is 1. The van der Waals surface area contributed by atoms with Gasteiger partial charge in [0.1, 0.15) is 5.75 Å². The van der Waals surface area contributed by atoms with Gasteiger partial charge in [-0.1, -0.05) is 18.2 Å². The maximum absolute atomic E-state index is 12.9. The lowest BCUT2D eigenvalue weighted by Crippen LogP contribution is -2.06. The zero-order valence-electron chi connectivity index (χ0n) is 17.8. The molecular formula is C25H16F3N3O4. The summed E-state index contributed by atoms with van der Waals surface area (Å²) in [6, 6.07) is 15.2. The number of benzene rings is 3. The van der Waals surface area contributed by atoms with Crippen LogP contribution in [0.25, 0.3) is 11.8 Å². The third-order valence-electron chi connectivity index (χ3n) is 4.97. The lowest BCUT2D eigenvalue weighted by molar-refractivity contribution is -0.385. The van der Waals surface area contributed by atoms with E-state index in [0.717, 1.165) is 17.3 Å². The van der Waals surface area contributed by atoms with Gasteiger partial charge >= 0.3 is 11.9 Å². The van der Waals surface area contributed by atoms with Crippen LogP contribution in [0.1, 0.15) is 21.5 Å². The first-order valence-electron chi connectivity index (χ1n) is 10.1. The highest BCUT2D eigenvalue weighted by atomic mass is 19.4. The normalized spacial score (nSPS) is 11.5. The topological polar surface area (TPSA) is 87.3 Å². The fraction of sp³-hybridized carbons (Fsp3) is 0.0400. The van der Waals surface area contributed by atoms with E-state index >= 15 is 0 Å². The molecule has 1 aromatic heterocycles. The Bertz CT molecular complexity index is 1380. The number of ketones is 1. The molecule has 0 bridgehead atoms. The van der Waals surface area contributed by atoms with Gasteiger partial charge in [0.15, 0.2) is 5.78 Å². The predicted octanol–water partition coefficient (Wildman–Crippen LogP) is 6.49. The summed E-state index contributed by atoms with van der Waals surface area (Å²) in [5.74, 6) is -0.500. The molecule has 35 heavy (non-hydrogen) atoms. The van der Waals surface area contributed by atoms with Crippen molar-refractivity contribution in [2.45, 2.75) is 6.18 Å². The summed E-state index contributed by atoms with van der Waals surface area (Å²) in [6.45, 7) is 0. The first-order chi connectivity index (χ1) is 16.7. The Morgan fingerprint density at radius 2 is 1.74 bits per heavy atom. The quantitative estimate of drug-likeness (QED) is 0.131. The molecule has 4 rings (SSSR count). The Balaban J connectivity index is 1.44. The second-order valence-corrected chi connectivity index (χ2v) is 7.32. The minimum Gasteiger partial charge on any atom is -0.450 e. The van der Waals surface area contributed by atoms with E-state index in [1.54, 1.807) is 18.6 Å². The van der Waals surface area contributed by atoms with Crippen molar-refractivity contribution < 1.29 is 27.6 Å². The molecule has 4 aromatic rings. The number of nitro benzene ring substituents is 1. The summed E-state index contributed by atoms with van der Waals surface area (Å²) in [6.07, 6.45) is 3.52. The number of aromatic nitrogens is 2. The van der Waals surface area contributed by atoms with Crippen LogP contribution in [-0.2, 0) is 6.18 Å². The number of rotatable bonds is 7. The maximum atomic E-state index is 12.9. The Labute approximate surface area is 196 Å². The number of halogens is 3. The van der Waals surface area contributed by atoms with Crippen LogP contribution >= 0.6 is 0 Å². The molecule has 3 aromatic carbocycles. The number of nitro groups is 1. The summed E-state index contributed by atoms with van der Waals surface area (Å²) in [5.41, 5.74) is 0.111. The van der Waals surface area contributed by atoms with Crippen LogP contribution in [0.5, 0.6) is 11.5 Å². The minimum absolute atomic E-state index is 0.128. The van der Waals surface area contributed by atoms with Crippen LogP contribution in [0.3, 0.4) is 0 Å². The van der Waals surface area contributed by atoms with Gasteiger partial charge < -0.3 is 9.30 Å². The number of ether oxygens (including phenoxy) is 1. The van der Waals surface area contributed by atoms with Crippen molar-refractivity contribution >= 4 is 17.5 Å². The van der Waals surface area contributed by atoms with Crippen LogP contribution in [0.4, 0.5) is 18.9 Å². The SMILES string of the molecule is O=C(/C=C/c1ccc(-n2ccnc2)cc1)c1ccc(Oc2ccc(C(F)(F)F)cc2[N+](=O)[O-])cc1. The van der Waals surface area contributed by atoms with E-state index in [4.69, 9.17) is 4.74 Å². The molecule has 0 aliphatic rings. The van der Waals surface area contributed by atoms with Gasteiger partial charge in [-0.25, -0.2) is 4.98 Å². The van der Waals surface area contributed by atoms with Crippen LogP contribution in [0.15, 0.2) is 91.5 Å². The number of hydrogen-bond acceptors (Lipinski definition) is 5. The summed E-state index contributed by atoms with van der Waals surface area (Å²) >= 11 is 0. The molecule has 0 saturated carbocycles. The number of hydrogen-bond donors (Lipinski definition) is 0. The van der Waals surface area contributed by atoms with Gasteiger partial charge in [0, 0.05) is 29.7 Å². The number of alkyl halides is 3. The lowest BCUT2D eigenvalue weighted by Gasteiger charge is -2.10. The highest BCUT2D eigenvalue weighted by Crippen LogP contribution is 2.37. The van der Waals surface area contributed by atoms with E-state index in [1.807, 2.05) is 35.0 Å². The molecular weight excluding hydrogens is 463 g/mol. The molecule has 0 unspecified atom stereocenters. The van der Waals surface area contributed by atoms with Gasteiger partial charge in [0.25, 0.3) is 0 Å². The smallest absolute Gasteiger partial charge is 0.416 e. The van der Waals surface area contributed by atoms with Crippen molar-refractivity contribution in [2.75, 3.05) is 0 Å². The van der Waals surface area contributed by atoms with Gasteiger partial charge in [-0.05, 0) is 60.2 Å². The van der Waals surface area contributed by atoms with Crippen molar-refractivity contribution in [3.63, 3.8) is 0 Å². The molecule has 1 heterocycles. The molecule has 0 saturated heterocycles. The summed E-state index contributed by atoms with van der Waals surface area (Å²) < 4.78 is 45.8. The Morgan fingerprint density at radius 3 is 2.34 bits per heavy atom. The minimum atomic E-state index is -4.72. The van der Waals surface area contributed by atoms with Crippen molar-refractivity contribution in [1.29, 1.82) is 0 Å². The number of imidazole rings is 1. The molecule has 0 fully saturated rings. The first kappa shape index (κ1) is 23.4. The Kier molecular flexibility index (Phi) is 6.45. The molecule has 7 nitrogen and oxygen atoms in total. The zero-order chi connectivity index (χ0) is 25.0. The second-order valence-electron chi connectivity index (χ2n) is 7.32. The largest absolute Gasteiger partial charge is 0.450 e. The molecule has 0 radical (unpaired) electrons. The average Bonchev–Trinajstić information content (AvgIpc) is 3.38. The van der Waals surface area contributed by atoms with Crippen molar-refractivity contribution in [3.8, 4) is 17.2 Å². The molecule has 0 spiro atoms. The van der Waals surface area contributed by atoms with E-state index in [0.29, 0.717) is 17.7 Å². The summed E-state index contributed by atoms with van der Waals surface area (Å²) in [5, 5.41) is 11.2. The summed E-state index contributed by atoms with van der Waals surface area (Å²) in [4.78, 5) is 26.7. The van der Waals surface area contributed by atoms with Crippen LogP contribution < -0.4 is 4.74 Å². The maximum Gasteiger partial charge on any atom is 0.416 e. The lowest BCUT2D eigenvalue weighted by atomic mass is 10.1. The van der Waals surface area contributed by atoms with Gasteiger partial charge in [0.05, 0.1) is 16.8 Å². The number of carbonyl (C=O) groups is 1. The molecule has 0 atom stereocenters. The third-order valence-corrected chi connectivity index (χ3v) is 4.97. The zero-order valence-corrected chi connectivity index (χ0v) is 17.8. The fourth-order valence-corrected chi connectivity index (χ4v) is 3.17. The number of allylic oxidation sites excluding steroid dienone is 1. The standard InChI is InChI=1S/C25H16F3N3O4/c26-25(27,28)19-6-12-24(22(15-19)31(33)34)35-21-9-4-18(5-10-21)23(32)11-3-17-1-7-20(8-2-17)30-14-13-29-16-30/h1-16H/b11-3+. The monoisotopic (exact) mass is 479 g/mol. The van der Waals surface area contributed by atoms with Gasteiger partial charge in [-0.3, -0.25) is 14.9 Å². The van der Waals surface area contributed by atoms with E-state index in [1.165, 1.54) is 30.3 Å². The average molecular weight is 479 g/mol. The van der Waals surface area contributed by atoms with Crippen LogP contribution in [0.2, 0.25) is 0 Å². The van der Waals surface area contributed by atoms with E-state index in [-0.39, 0.29) is 17.3 Å². The fourth-order valence-electron chi connectivity index (χ4n) is 3.17. The van der Waals surface area contributed by atoms with E-state index in [9.17, 15) is 28.1 Å². The summed E-state index contributed by atoms with van der Waals surface area (Å²) in [7, 11) is 0. The highest BCUT2D eigenvalue weighted by molar-refractivity contribution is 6.06. The van der Waals surface area contributed by atoms with Crippen LogP contribution in [-0.4, -0.2) is 20.3 Å². The first-order valence-corrected chi connectivity index (χ1v) is 10.1. The van der Waals surface area contributed by atoms with Crippen LogP contribution in [0, 0.1) is 10.1 Å². The molecule has 0 amide bonds. The molecule has 0 aliphatic carbocycles. The van der Waals surface area contributed by atoms with Gasteiger partial charge in [0.2, 0.25) is 5.75 Å².